The summed E-state index contributed by atoms with van der Waals surface area (Å²) in [5.41, 5.74) is 2.98. The molecule has 1 aromatic heterocycles. The molecule has 1 unspecified atom stereocenters. The molecule has 5 heteroatoms. The molecule has 0 radical (unpaired) electrons. The van der Waals surface area contributed by atoms with E-state index in [0.717, 1.165) is 24.1 Å². The van der Waals surface area contributed by atoms with E-state index in [9.17, 15) is 10.1 Å². The summed E-state index contributed by atoms with van der Waals surface area (Å²) in [6, 6.07) is 19.5. The number of rotatable bonds is 8. The van der Waals surface area contributed by atoms with Gasteiger partial charge in [0, 0.05) is 10.9 Å². The predicted octanol–water partition coefficient (Wildman–Crippen LogP) is 5.02. The summed E-state index contributed by atoms with van der Waals surface area (Å²) in [6.07, 6.45) is 2.10. The Morgan fingerprint density at radius 1 is 1.19 bits per heavy atom. The van der Waals surface area contributed by atoms with E-state index in [1.54, 1.807) is 0 Å². The second-order valence-electron chi connectivity index (χ2n) is 6.15. The Balaban J connectivity index is 1.64. The maximum Gasteiger partial charge on any atom is 0.194 e. The van der Waals surface area contributed by atoms with E-state index < -0.39 is 5.92 Å². The molecule has 1 atom stereocenters. The smallest absolute Gasteiger partial charge is 0.194 e. The molecule has 0 saturated carbocycles. The molecule has 3 aromatic rings. The molecule has 0 bridgehead atoms. The van der Waals surface area contributed by atoms with Crippen molar-refractivity contribution in [3.63, 3.8) is 0 Å². The Labute approximate surface area is 163 Å². The third-order valence-corrected chi connectivity index (χ3v) is 5.04. The van der Waals surface area contributed by atoms with Gasteiger partial charge >= 0.3 is 0 Å². The number of hydrogen-bond acceptors (Lipinski definition) is 5. The Morgan fingerprint density at radius 2 is 1.93 bits per heavy atom. The van der Waals surface area contributed by atoms with Gasteiger partial charge in [-0.25, -0.2) is 4.98 Å². The van der Waals surface area contributed by atoms with Crippen LogP contribution in [-0.4, -0.2) is 17.4 Å². The topological polar surface area (TPSA) is 63.0 Å². The second-order valence-corrected chi connectivity index (χ2v) is 7.04. The zero-order valence-corrected chi connectivity index (χ0v) is 15.9. The summed E-state index contributed by atoms with van der Waals surface area (Å²) in [7, 11) is 0. The number of ether oxygens (including phenoxy) is 1. The molecular weight excluding hydrogens is 356 g/mol. The lowest BCUT2D eigenvalue weighted by atomic mass is 10.1. The minimum Gasteiger partial charge on any atom is -0.486 e. The first-order valence-electron chi connectivity index (χ1n) is 8.86. The summed E-state index contributed by atoms with van der Waals surface area (Å²) < 4.78 is 5.57. The van der Waals surface area contributed by atoms with E-state index in [2.05, 4.69) is 18.0 Å². The van der Waals surface area contributed by atoms with Gasteiger partial charge in [0.15, 0.2) is 11.7 Å². The van der Waals surface area contributed by atoms with E-state index in [1.807, 2.05) is 60.0 Å². The molecule has 27 heavy (non-hydrogen) atoms. The van der Waals surface area contributed by atoms with Crippen LogP contribution in [0.3, 0.4) is 0 Å². The number of hydrogen-bond donors (Lipinski definition) is 0. The molecule has 0 aliphatic carbocycles. The number of carbonyl (C=O) groups excluding carboxylic acids is 1. The fourth-order valence-corrected chi connectivity index (χ4v) is 3.60. The highest BCUT2D eigenvalue weighted by atomic mass is 32.1. The minimum absolute atomic E-state index is 0.147. The number of ketones is 1. The van der Waals surface area contributed by atoms with Gasteiger partial charge in [0.2, 0.25) is 0 Å². The van der Waals surface area contributed by atoms with Crippen molar-refractivity contribution in [1.29, 1.82) is 5.26 Å². The highest BCUT2D eigenvalue weighted by Crippen LogP contribution is 2.27. The fourth-order valence-electron chi connectivity index (χ4n) is 2.71. The quantitative estimate of drug-likeness (QED) is 0.554. The molecular formula is C22H20N2O2S. The summed E-state index contributed by atoms with van der Waals surface area (Å²) in [6.45, 7) is 1.98. The monoisotopic (exact) mass is 376 g/mol. The standard InChI is InChI=1S/C22H20N2O2S/c1-2-6-16-9-11-18(12-10-16)26-14-21(25)19(13-23)22-24-20(15-27-22)17-7-4-3-5-8-17/h3-5,7-12,15,19H,2,6,14H2,1H3. The van der Waals surface area contributed by atoms with Crippen molar-refractivity contribution < 1.29 is 9.53 Å². The van der Waals surface area contributed by atoms with Gasteiger partial charge in [-0.2, -0.15) is 5.26 Å². The normalized spacial score (nSPS) is 11.6. The van der Waals surface area contributed by atoms with E-state index in [1.165, 1.54) is 16.9 Å². The van der Waals surface area contributed by atoms with Crippen molar-refractivity contribution in [1.82, 2.24) is 4.98 Å². The SMILES string of the molecule is CCCc1ccc(OCC(=O)C(C#N)c2nc(-c3ccccc3)cs2)cc1. The van der Waals surface area contributed by atoms with Gasteiger partial charge in [-0.3, -0.25) is 4.79 Å². The number of nitriles is 1. The Hall–Kier alpha value is -2.97. The molecule has 136 valence electrons. The number of Topliss-reactive ketones (excluding diaryl/α,β-unsaturated/α-hetero) is 1. The maximum atomic E-state index is 12.5. The van der Waals surface area contributed by atoms with Crippen molar-refractivity contribution in [3.8, 4) is 23.1 Å². The van der Waals surface area contributed by atoms with Gasteiger partial charge in [0.1, 0.15) is 17.4 Å². The van der Waals surface area contributed by atoms with Crippen molar-refractivity contribution in [3.05, 3.63) is 70.5 Å². The van der Waals surface area contributed by atoms with E-state index in [-0.39, 0.29) is 12.4 Å². The number of carbonyl (C=O) groups is 1. The van der Waals surface area contributed by atoms with Gasteiger partial charge in [0.25, 0.3) is 0 Å². The van der Waals surface area contributed by atoms with Gasteiger partial charge in [0.05, 0.1) is 11.8 Å². The van der Waals surface area contributed by atoms with E-state index >= 15 is 0 Å². The first-order valence-corrected chi connectivity index (χ1v) is 9.74. The molecule has 0 amide bonds. The molecule has 1 heterocycles. The van der Waals surface area contributed by atoms with Crippen LogP contribution in [0.5, 0.6) is 5.75 Å². The van der Waals surface area contributed by atoms with Crippen LogP contribution in [0.1, 0.15) is 29.8 Å². The zero-order valence-electron chi connectivity index (χ0n) is 15.1. The van der Waals surface area contributed by atoms with Crippen LogP contribution in [0.15, 0.2) is 60.0 Å². The van der Waals surface area contributed by atoms with Gasteiger partial charge in [-0.05, 0) is 24.1 Å². The lowest BCUT2D eigenvalue weighted by Crippen LogP contribution is -2.19. The third-order valence-electron chi connectivity index (χ3n) is 4.13. The summed E-state index contributed by atoms with van der Waals surface area (Å²) in [5, 5.41) is 11.8. The second kappa shape index (κ2) is 9.11. The molecule has 0 N–H and O–H groups in total. The summed E-state index contributed by atoms with van der Waals surface area (Å²) in [4.78, 5) is 17.0. The average molecular weight is 376 g/mol. The molecule has 0 spiro atoms. The van der Waals surface area contributed by atoms with Crippen LogP contribution in [-0.2, 0) is 11.2 Å². The third kappa shape index (κ3) is 4.81. The number of aryl methyl sites for hydroxylation is 1. The summed E-state index contributed by atoms with van der Waals surface area (Å²) >= 11 is 1.32. The molecule has 3 rings (SSSR count). The van der Waals surface area contributed by atoms with Crippen LogP contribution in [0.4, 0.5) is 0 Å². The summed E-state index contributed by atoms with van der Waals surface area (Å²) in [5.74, 6) is -0.570. The number of aromatic nitrogens is 1. The lowest BCUT2D eigenvalue weighted by Gasteiger charge is -2.08. The van der Waals surface area contributed by atoms with Crippen molar-refractivity contribution in [2.45, 2.75) is 25.7 Å². The average Bonchev–Trinajstić information content (AvgIpc) is 3.19. The zero-order chi connectivity index (χ0) is 19.1. The van der Waals surface area contributed by atoms with Crippen LogP contribution in [0.2, 0.25) is 0 Å². The number of benzene rings is 2. The van der Waals surface area contributed by atoms with Crippen molar-refractivity contribution in [2.75, 3.05) is 6.61 Å². The Bertz CT molecular complexity index is 927. The van der Waals surface area contributed by atoms with Crippen LogP contribution >= 0.6 is 11.3 Å². The van der Waals surface area contributed by atoms with Crippen LogP contribution in [0.25, 0.3) is 11.3 Å². The first kappa shape index (κ1) is 18.8. The molecule has 0 aliphatic heterocycles. The largest absolute Gasteiger partial charge is 0.486 e. The molecule has 0 saturated heterocycles. The maximum absolute atomic E-state index is 12.5. The predicted molar refractivity (Wildman–Crippen MR) is 107 cm³/mol. The Kier molecular flexibility index (Phi) is 6.35. The molecule has 2 aromatic carbocycles. The molecule has 0 aliphatic rings. The highest BCUT2D eigenvalue weighted by Gasteiger charge is 2.24. The van der Waals surface area contributed by atoms with Crippen molar-refractivity contribution >= 4 is 17.1 Å². The van der Waals surface area contributed by atoms with Gasteiger partial charge in [-0.1, -0.05) is 55.8 Å². The highest BCUT2D eigenvalue weighted by molar-refractivity contribution is 7.10. The van der Waals surface area contributed by atoms with E-state index in [4.69, 9.17) is 4.74 Å². The van der Waals surface area contributed by atoms with E-state index in [0.29, 0.717) is 10.8 Å². The molecule has 0 fully saturated rings. The van der Waals surface area contributed by atoms with Crippen LogP contribution < -0.4 is 4.74 Å². The van der Waals surface area contributed by atoms with Gasteiger partial charge in [-0.15, -0.1) is 11.3 Å². The van der Waals surface area contributed by atoms with Crippen LogP contribution in [0, 0.1) is 11.3 Å². The lowest BCUT2D eigenvalue weighted by molar-refractivity contribution is -0.121. The number of nitrogens with zero attached hydrogens (tertiary/aromatic N) is 2. The number of thiazole rings is 1. The fraction of sp³-hybridized carbons (Fsp3) is 0.227. The van der Waals surface area contributed by atoms with Crippen molar-refractivity contribution in [2.24, 2.45) is 0 Å². The minimum atomic E-state index is -0.910. The molecule has 4 nitrogen and oxygen atoms in total. The first-order chi connectivity index (χ1) is 13.2. The Morgan fingerprint density at radius 3 is 2.59 bits per heavy atom. The van der Waals surface area contributed by atoms with Gasteiger partial charge < -0.3 is 4.74 Å².